The summed E-state index contributed by atoms with van der Waals surface area (Å²) in [6.45, 7) is 5.72. The van der Waals surface area contributed by atoms with Crippen LogP contribution in [0.25, 0.3) is 0 Å². The Morgan fingerprint density at radius 1 is 1.37 bits per heavy atom. The van der Waals surface area contributed by atoms with Gasteiger partial charge in [-0.2, -0.15) is 0 Å². The molecule has 3 heterocycles. The molecule has 3 atom stereocenters. The molecule has 0 saturated carbocycles. The molecule has 5 heteroatoms. The Kier molecular flexibility index (Phi) is 3.31. The van der Waals surface area contributed by atoms with Gasteiger partial charge in [-0.3, -0.25) is 4.90 Å². The number of nitrogens with zero attached hydrogens (tertiary/aromatic N) is 1. The monoisotopic (exact) mass is 283 g/mol. The number of aliphatic hydroxyl groups is 1. The van der Waals surface area contributed by atoms with Crippen molar-refractivity contribution in [1.82, 2.24) is 4.90 Å². The molecule has 0 aromatic heterocycles. The van der Waals surface area contributed by atoms with Crippen molar-refractivity contribution < 1.29 is 14.1 Å². The first-order valence-corrected chi connectivity index (χ1v) is 8.16. The van der Waals surface area contributed by atoms with E-state index < -0.39 is 22.5 Å². The number of ether oxygens (including phenoxy) is 1. The molecule has 3 aliphatic heterocycles. The Morgan fingerprint density at radius 3 is 2.74 bits per heavy atom. The number of hydrogen-bond donors (Lipinski definition) is 1. The summed E-state index contributed by atoms with van der Waals surface area (Å²) in [5, 5.41) is 12.3. The van der Waals surface area contributed by atoms with Crippen LogP contribution in [0.3, 0.4) is 0 Å². The van der Waals surface area contributed by atoms with Gasteiger partial charge in [-0.1, -0.05) is 6.42 Å². The van der Waals surface area contributed by atoms with Crippen LogP contribution in [0.15, 0.2) is 22.1 Å². The molecule has 4 nitrogen and oxygen atoms in total. The summed E-state index contributed by atoms with van der Waals surface area (Å²) in [4.78, 5) is 3.03. The van der Waals surface area contributed by atoms with Gasteiger partial charge in [0.25, 0.3) is 0 Å². The summed E-state index contributed by atoms with van der Waals surface area (Å²) in [5.74, 6) is 0.698. The highest BCUT2D eigenvalue weighted by atomic mass is 32.2. The van der Waals surface area contributed by atoms with Crippen molar-refractivity contribution in [3.8, 4) is 0 Å². The highest BCUT2D eigenvalue weighted by molar-refractivity contribution is 7.92. The molecule has 1 saturated heterocycles. The Bertz CT molecular complexity index is 463. The molecule has 106 valence electrons. The maximum Gasteiger partial charge on any atom is 0.134 e. The zero-order valence-corrected chi connectivity index (χ0v) is 12.3. The van der Waals surface area contributed by atoms with Crippen LogP contribution >= 0.6 is 0 Å². The van der Waals surface area contributed by atoms with Crippen LogP contribution in [0.2, 0.25) is 0 Å². The third-order valence-electron chi connectivity index (χ3n) is 4.24. The molecular weight excluding hydrogens is 262 g/mol. The fraction of sp³-hybridized carbons (Fsp3) is 0.714. The number of allylic oxidation sites excluding steroid dienone is 1. The van der Waals surface area contributed by atoms with Gasteiger partial charge in [0, 0.05) is 5.41 Å². The Hall–Kier alpha value is -0.650. The van der Waals surface area contributed by atoms with Crippen molar-refractivity contribution in [2.24, 2.45) is 0 Å². The van der Waals surface area contributed by atoms with Gasteiger partial charge >= 0.3 is 0 Å². The van der Waals surface area contributed by atoms with E-state index in [2.05, 4.69) is 4.90 Å². The van der Waals surface area contributed by atoms with Crippen LogP contribution in [0.1, 0.15) is 33.1 Å². The smallest absolute Gasteiger partial charge is 0.134 e. The average molecular weight is 283 g/mol. The van der Waals surface area contributed by atoms with Gasteiger partial charge in [-0.25, -0.2) is 4.21 Å². The summed E-state index contributed by atoms with van der Waals surface area (Å²) < 4.78 is 18.0. The number of likely N-dealkylation sites (tertiary alicyclic amines) is 1. The van der Waals surface area contributed by atoms with Gasteiger partial charge in [-0.05, 0) is 45.9 Å². The lowest BCUT2D eigenvalue weighted by Crippen LogP contribution is -2.58. The minimum absolute atomic E-state index is 0.171. The van der Waals surface area contributed by atoms with E-state index in [1.807, 2.05) is 13.8 Å². The Morgan fingerprint density at radius 2 is 2.05 bits per heavy atom. The van der Waals surface area contributed by atoms with Crippen molar-refractivity contribution in [2.45, 2.75) is 50.9 Å². The van der Waals surface area contributed by atoms with Crippen molar-refractivity contribution in [1.29, 1.82) is 0 Å². The average Bonchev–Trinajstić information content (AvgIpc) is 2.73. The fourth-order valence-electron chi connectivity index (χ4n) is 3.16. The summed E-state index contributed by atoms with van der Waals surface area (Å²) in [5.41, 5.74) is -0.639. The second-order valence-electron chi connectivity index (χ2n) is 6.02. The molecule has 0 bridgehead atoms. The zero-order chi connectivity index (χ0) is 13.6. The second kappa shape index (κ2) is 4.72. The maximum absolute atomic E-state index is 12.2. The van der Waals surface area contributed by atoms with E-state index in [0.717, 1.165) is 30.8 Å². The summed E-state index contributed by atoms with van der Waals surface area (Å²) in [6, 6.07) is -0.171. The van der Waals surface area contributed by atoms with Crippen molar-refractivity contribution in [2.75, 3.05) is 13.1 Å². The number of rotatable bonds is 1. The topological polar surface area (TPSA) is 49.8 Å². The standard InChI is InChI=1S/C14H21NO3S/c1-14(2)13(16)11(15-7-4-3-5-8-15)12-10(18-14)6-9-19(12)17/h6,9,11,13,16H,3-5,7-8H2,1-2H3. The van der Waals surface area contributed by atoms with Crippen LogP contribution in [0, 0.1) is 0 Å². The quantitative estimate of drug-likeness (QED) is 0.792. The number of aliphatic hydroxyl groups excluding tert-OH is 1. The lowest BCUT2D eigenvalue weighted by atomic mass is 9.89. The van der Waals surface area contributed by atoms with Crippen molar-refractivity contribution in [3.63, 3.8) is 0 Å². The molecular formula is C14H21NO3S. The van der Waals surface area contributed by atoms with Crippen molar-refractivity contribution in [3.05, 3.63) is 22.1 Å². The van der Waals surface area contributed by atoms with Crippen LogP contribution in [-0.2, 0) is 15.5 Å². The first kappa shape index (κ1) is 13.3. The SMILES string of the molecule is CC1(C)OC2=C(C(N3CCCCC3)C1O)S(=O)C=C2. The molecule has 0 spiro atoms. The fourth-order valence-corrected chi connectivity index (χ4v) is 4.37. The molecule has 1 N–H and O–H groups in total. The molecule has 0 aliphatic carbocycles. The molecule has 3 aliphatic rings. The number of hydrogen-bond acceptors (Lipinski definition) is 4. The predicted molar refractivity (Wildman–Crippen MR) is 74.7 cm³/mol. The zero-order valence-electron chi connectivity index (χ0n) is 11.5. The Labute approximate surface area is 116 Å². The minimum Gasteiger partial charge on any atom is -0.484 e. The summed E-state index contributed by atoms with van der Waals surface area (Å²) in [6.07, 6.45) is 4.68. The minimum atomic E-state index is -1.15. The van der Waals surface area contributed by atoms with Crippen LogP contribution < -0.4 is 0 Å². The van der Waals surface area contributed by atoms with Crippen molar-refractivity contribution >= 4 is 10.8 Å². The van der Waals surface area contributed by atoms with Gasteiger partial charge in [0.05, 0.1) is 21.7 Å². The predicted octanol–water partition coefficient (Wildman–Crippen LogP) is 1.50. The van der Waals surface area contributed by atoms with Crippen LogP contribution in [0.5, 0.6) is 0 Å². The molecule has 1 fully saturated rings. The van der Waals surface area contributed by atoms with E-state index in [1.54, 1.807) is 11.5 Å². The highest BCUT2D eigenvalue weighted by Crippen LogP contribution is 2.40. The largest absolute Gasteiger partial charge is 0.484 e. The Balaban J connectivity index is 1.98. The maximum atomic E-state index is 12.2. The van der Waals surface area contributed by atoms with E-state index >= 15 is 0 Å². The molecule has 0 aromatic carbocycles. The molecule has 19 heavy (non-hydrogen) atoms. The van der Waals surface area contributed by atoms with E-state index in [0.29, 0.717) is 5.76 Å². The molecule has 3 rings (SSSR count). The third kappa shape index (κ3) is 2.18. The van der Waals surface area contributed by atoms with Gasteiger partial charge in [0.15, 0.2) is 0 Å². The normalized spacial score (nSPS) is 38.2. The molecule has 0 radical (unpaired) electrons. The van der Waals surface area contributed by atoms with Crippen LogP contribution in [-0.4, -0.2) is 45.1 Å². The molecule has 0 aromatic rings. The lowest BCUT2D eigenvalue weighted by molar-refractivity contribution is -0.110. The van der Waals surface area contributed by atoms with E-state index in [-0.39, 0.29) is 6.04 Å². The summed E-state index contributed by atoms with van der Waals surface area (Å²) in [7, 11) is -1.15. The second-order valence-corrected chi connectivity index (χ2v) is 7.33. The highest BCUT2D eigenvalue weighted by Gasteiger charge is 2.48. The molecule has 0 amide bonds. The first-order valence-electron chi connectivity index (χ1n) is 6.95. The van der Waals surface area contributed by atoms with Gasteiger partial charge < -0.3 is 9.84 Å². The molecule has 3 unspecified atom stereocenters. The van der Waals surface area contributed by atoms with Gasteiger partial charge in [-0.15, -0.1) is 0 Å². The van der Waals surface area contributed by atoms with Gasteiger partial charge in [0.2, 0.25) is 0 Å². The third-order valence-corrected chi connectivity index (χ3v) is 5.50. The lowest BCUT2D eigenvalue weighted by Gasteiger charge is -2.46. The van der Waals surface area contributed by atoms with Gasteiger partial charge in [0.1, 0.15) is 17.5 Å². The first-order chi connectivity index (χ1) is 9.00. The van der Waals surface area contributed by atoms with E-state index in [9.17, 15) is 9.32 Å². The van der Waals surface area contributed by atoms with E-state index in [4.69, 9.17) is 4.74 Å². The number of piperidine rings is 1. The van der Waals surface area contributed by atoms with Crippen LogP contribution in [0.4, 0.5) is 0 Å². The van der Waals surface area contributed by atoms with E-state index in [1.165, 1.54) is 6.42 Å². The summed E-state index contributed by atoms with van der Waals surface area (Å²) >= 11 is 0.